The molecule has 0 aromatic heterocycles. The molecule has 0 aliphatic rings. The number of fused-ring (bicyclic) bond motifs is 4. The van der Waals surface area contributed by atoms with Gasteiger partial charge in [0.15, 0.2) is 0 Å². The number of hydrogen-bond acceptors (Lipinski definition) is 4. The zero-order valence-corrected chi connectivity index (χ0v) is 67.0. The quantitative estimate of drug-likeness (QED) is 0.0820. The average molecular weight is 1600 g/mol. The van der Waals surface area contributed by atoms with E-state index in [9.17, 15) is 5.26 Å². The largest absolute Gasteiger partial charge is 0.569 e. The number of halogens is 1. The highest BCUT2D eigenvalue weighted by atomic mass is 79.9. The summed E-state index contributed by atoms with van der Waals surface area (Å²) in [5.74, 6) is 0.451. The molecule has 4 nitrogen and oxygen atoms in total. The highest BCUT2D eigenvalue weighted by molar-refractivity contribution is 9.10. The van der Waals surface area contributed by atoms with E-state index in [1.54, 1.807) is 18.2 Å². The summed E-state index contributed by atoms with van der Waals surface area (Å²) in [5, 5.41) is 36.1. The minimum absolute atomic E-state index is 0.451. The van der Waals surface area contributed by atoms with Crippen molar-refractivity contribution in [2.75, 3.05) is 0 Å². The number of hydrogen-bond donors (Lipinski definition) is 1. The smallest absolute Gasteiger partial charge is 0.537 e. The van der Waals surface area contributed by atoms with E-state index in [0.29, 0.717) is 24.6 Å². The van der Waals surface area contributed by atoms with Crippen LogP contribution in [0.4, 0.5) is 0 Å². The molecule has 0 fully saturated rings. The van der Waals surface area contributed by atoms with Crippen molar-refractivity contribution in [3.8, 4) is 163 Å². The molecule has 20 aromatic rings. The van der Waals surface area contributed by atoms with Gasteiger partial charge in [0.05, 0.1) is 23.3 Å². The van der Waals surface area contributed by atoms with E-state index in [1.165, 1.54) is 161 Å². The molecule has 0 aliphatic carbocycles. The summed E-state index contributed by atoms with van der Waals surface area (Å²) in [6.07, 6.45) is 0. The molecule has 563 valence electrons. The molecule has 20 aromatic carbocycles. The standard InChI is InChI=1S/C57H37N.C50H33Br.C7H5BNO2/c58-38-39-19-17-29-45(35-39)53-47-31-13-15-33-49(47)54(50-34-16-14-32-48(50)53)46-30-18-28-44(36-46)52-37-51(40-20-5-1-6-21-40)55(41-22-7-2-8-23-41)57(43-26-11-4-12-27-43)56(52)42-24-9-3-10-25-42;51-50-42-30-15-13-28-40(42)46(41-29-14-16-31-43(41)50)39-27-17-26-38(32-39)45-33-44(34-18-5-1-6-19-34)47(35-20-7-2-8-21-35)49(37-24-11-4-12-25-37)48(45)36-22-9-3-10-23-36;9-5-6-2-1-3-7(4-6)11-8-10/h1-37H;1-33H;1-4,10H. The van der Waals surface area contributed by atoms with Gasteiger partial charge < -0.3 is 9.68 Å². The summed E-state index contributed by atoms with van der Waals surface area (Å²) in [4.78, 5) is 0. The van der Waals surface area contributed by atoms with Gasteiger partial charge in [-0.2, -0.15) is 10.5 Å². The summed E-state index contributed by atoms with van der Waals surface area (Å²) >= 11 is 3.96. The summed E-state index contributed by atoms with van der Waals surface area (Å²) in [5.41, 5.74) is 32.0. The van der Waals surface area contributed by atoms with Crippen LogP contribution in [0.5, 0.6) is 5.75 Å². The maximum Gasteiger partial charge on any atom is 0.569 e. The Morgan fingerprint density at radius 1 is 0.200 bits per heavy atom. The van der Waals surface area contributed by atoms with E-state index in [0.717, 1.165) is 37.5 Å². The molecule has 0 aliphatic heterocycles. The second-order valence-corrected chi connectivity index (χ2v) is 30.3. The fraction of sp³-hybridized carbons (Fsp3) is 0. The lowest BCUT2D eigenvalue weighted by Crippen LogP contribution is -1.99. The first-order chi connectivity index (χ1) is 59.4. The van der Waals surface area contributed by atoms with E-state index < -0.39 is 0 Å². The van der Waals surface area contributed by atoms with Gasteiger partial charge in [-0.3, -0.25) is 0 Å². The van der Waals surface area contributed by atoms with E-state index in [-0.39, 0.29) is 0 Å². The maximum atomic E-state index is 9.83. The third-order valence-electron chi connectivity index (χ3n) is 22.4. The molecular weight excluding hydrogens is 1520 g/mol. The first kappa shape index (κ1) is 76.0. The summed E-state index contributed by atoms with van der Waals surface area (Å²) in [6, 6.07) is 164. The van der Waals surface area contributed by atoms with Gasteiger partial charge in [0, 0.05) is 4.47 Å². The van der Waals surface area contributed by atoms with Gasteiger partial charge in [0.25, 0.3) is 0 Å². The predicted octanol–water partition coefficient (Wildman–Crippen LogP) is 30.8. The lowest BCUT2D eigenvalue weighted by molar-refractivity contribution is 0.453. The molecule has 1 N–H and O–H groups in total. The second kappa shape index (κ2) is 35.0. The SMILES string of the molecule is Brc1c2ccccc2c(-c2cccc(-c3cc(-c4ccccc4)c(-c4ccccc4)c(-c4ccccc4)c3-c3ccccc3)c2)c2ccccc12.N#Cc1cccc(-c2c3ccccc3c(-c3cccc(-c4cc(-c5ccccc5)c(-c5ccccc5)c(-c5ccccc5)c4-c4ccccc4)c3)c3ccccc23)c1.N#Cc1cccc(O[B]O)c1. The second-order valence-electron chi connectivity index (χ2n) is 29.5. The summed E-state index contributed by atoms with van der Waals surface area (Å²) in [7, 11) is 0.580. The third-order valence-corrected chi connectivity index (χ3v) is 23.2. The molecule has 0 unspecified atom stereocenters. The fourth-order valence-electron chi connectivity index (χ4n) is 17.2. The summed E-state index contributed by atoms with van der Waals surface area (Å²) in [6.45, 7) is 0. The topological polar surface area (TPSA) is 77.0 Å². The predicted molar refractivity (Wildman–Crippen MR) is 506 cm³/mol. The molecule has 0 bridgehead atoms. The van der Waals surface area contributed by atoms with E-state index in [2.05, 4.69) is 433 Å². The minimum Gasteiger partial charge on any atom is -0.537 e. The Morgan fingerprint density at radius 2 is 0.425 bits per heavy atom. The van der Waals surface area contributed by atoms with Crippen LogP contribution >= 0.6 is 15.9 Å². The molecule has 1 radical (unpaired) electrons. The Balaban J connectivity index is 0.000000147. The van der Waals surface area contributed by atoms with Crippen molar-refractivity contribution in [1.29, 1.82) is 10.5 Å². The van der Waals surface area contributed by atoms with Crippen molar-refractivity contribution in [3.05, 3.63) is 465 Å². The Morgan fingerprint density at radius 3 is 0.733 bits per heavy atom. The molecule has 6 heteroatoms. The molecule has 20 rings (SSSR count). The van der Waals surface area contributed by atoms with Crippen LogP contribution in [-0.4, -0.2) is 12.7 Å². The number of benzene rings is 20. The molecule has 0 atom stereocenters. The van der Waals surface area contributed by atoms with E-state index in [1.807, 2.05) is 24.3 Å². The first-order valence-electron chi connectivity index (χ1n) is 40.1. The minimum atomic E-state index is 0.451. The average Bonchev–Trinajstić information content (AvgIpc) is 0.742. The lowest BCUT2D eigenvalue weighted by Gasteiger charge is -2.25. The molecule has 120 heavy (non-hydrogen) atoms. The molecule has 0 heterocycles. The molecule has 0 saturated carbocycles. The Bertz CT molecular complexity index is 7110. The van der Waals surface area contributed by atoms with Crippen molar-refractivity contribution in [2.45, 2.75) is 0 Å². The normalized spacial score (nSPS) is 10.9. The Kier molecular flexibility index (Phi) is 22.2. The van der Waals surface area contributed by atoms with Crippen molar-refractivity contribution in [2.24, 2.45) is 0 Å². The van der Waals surface area contributed by atoms with Gasteiger partial charge in [-0.1, -0.05) is 394 Å². The first-order valence-corrected chi connectivity index (χ1v) is 40.9. The van der Waals surface area contributed by atoms with Crippen molar-refractivity contribution >= 4 is 66.7 Å². The molecule has 0 spiro atoms. The van der Waals surface area contributed by atoms with Gasteiger partial charge in [0.2, 0.25) is 0 Å². The monoisotopic (exact) mass is 1590 g/mol. The summed E-state index contributed by atoms with van der Waals surface area (Å²) < 4.78 is 5.76. The highest BCUT2D eigenvalue weighted by Gasteiger charge is 2.28. The van der Waals surface area contributed by atoms with Gasteiger partial charge in [-0.05, 0) is 258 Å². The fourth-order valence-corrected chi connectivity index (χ4v) is 17.9. The van der Waals surface area contributed by atoms with Crippen molar-refractivity contribution < 1.29 is 9.68 Å². The van der Waals surface area contributed by atoms with Gasteiger partial charge in [-0.25, -0.2) is 0 Å². The lowest BCUT2D eigenvalue weighted by atomic mass is 9.78. The van der Waals surface area contributed by atoms with Crippen molar-refractivity contribution in [1.82, 2.24) is 0 Å². The van der Waals surface area contributed by atoms with Crippen LogP contribution < -0.4 is 4.65 Å². The van der Waals surface area contributed by atoms with Gasteiger partial charge in [-0.15, -0.1) is 0 Å². The molecule has 0 amide bonds. The van der Waals surface area contributed by atoms with Crippen LogP contribution in [0.15, 0.2) is 453 Å². The molecule has 0 saturated heterocycles. The highest BCUT2D eigenvalue weighted by Crippen LogP contribution is 2.55. The van der Waals surface area contributed by atoms with Crippen LogP contribution in [0.3, 0.4) is 0 Å². The van der Waals surface area contributed by atoms with Gasteiger partial charge >= 0.3 is 7.69 Å². The number of nitrogens with zero attached hydrogens (tertiary/aromatic N) is 2. The zero-order chi connectivity index (χ0) is 81.1. The number of rotatable bonds is 15. The zero-order valence-electron chi connectivity index (χ0n) is 65.4. The maximum absolute atomic E-state index is 9.83. The van der Waals surface area contributed by atoms with Crippen molar-refractivity contribution in [3.63, 3.8) is 0 Å². The van der Waals surface area contributed by atoms with Crippen LogP contribution in [-0.2, 0) is 0 Å². The van der Waals surface area contributed by atoms with Crippen LogP contribution in [0.2, 0.25) is 0 Å². The molecular formula is C114H75BBrN2O2. The third kappa shape index (κ3) is 15.3. The van der Waals surface area contributed by atoms with Crippen LogP contribution in [0.1, 0.15) is 11.1 Å². The van der Waals surface area contributed by atoms with E-state index >= 15 is 0 Å². The Hall–Kier alpha value is -15.3. The van der Waals surface area contributed by atoms with E-state index in [4.69, 9.17) is 10.3 Å². The Labute approximate surface area is 708 Å². The van der Waals surface area contributed by atoms with Crippen LogP contribution in [0.25, 0.3) is 188 Å². The number of nitriles is 2. The van der Waals surface area contributed by atoms with Gasteiger partial charge in [0.1, 0.15) is 5.75 Å². The van der Waals surface area contributed by atoms with Crippen LogP contribution in [0, 0.1) is 22.7 Å².